The number of nitrogens with one attached hydrogen (secondary N) is 2. The fourth-order valence-electron chi connectivity index (χ4n) is 3.06. The van der Waals surface area contributed by atoms with Gasteiger partial charge in [0.05, 0.1) is 0 Å². The molecular weight excluding hydrogens is 369 g/mol. The third-order valence-corrected chi connectivity index (χ3v) is 5.49. The van der Waals surface area contributed by atoms with E-state index in [2.05, 4.69) is 44.4 Å². The Morgan fingerprint density at radius 2 is 1.52 bits per heavy atom. The molecule has 2 saturated carbocycles. The zero-order chi connectivity index (χ0) is 19.1. The highest BCUT2D eigenvalue weighted by Crippen LogP contribution is 2.35. The summed E-state index contributed by atoms with van der Waals surface area (Å²) in [4.78, 5) is 17.5. The van der Waals surface area contributed by atoms with Gasteiger partial charge in [-0.05, 0) is 51.4 Å². The van der Waals surface area contributed by atoms with Crippen molar-refractivity contribution in [1.82, 2.24) is 19.9 Å². The second kappa shape index (κ2) is 7.07. The van der Waals surface area contributed by atoms with E-state index in [0.717, 1.165) is 0 Å². The van der Waals surface area contributed by atoms with Crippen LogP contribution in [0.3, 0.4) is 0 Å². The van der Waals surface area contributed by atoms with Gasteiger partial charge in [0.2, 0.25) is 11.9 Å². The second-order valence-electron chi connectivity index (χ2n) is 7.54. The normalized spacial score (nSPS) is 18.8. The summed E-state index contributed by atoms with van der Waals surface area (Å²) in [6.45, 7) is 4.22. The Bertz CT molecular complexity index is 792. The fourth-order valence-corrected chi connectivity index (χ4v) is 3.25. The van der Waals surface area contributed by atoms with Crippen molar-refractivity contribution in [3.8, 4) is 11.5 Å². The summed E-state index contributed by atoms with van der Waals surface area (Å²) >= 11 is 5.94. The van der Waals surface area contributed by atoms with Crippen LogP contribution in [0.5, 0.6) is 0 Å². The van der Waals surface area contributed by atoms with Crippen molar-refractivity contribution >= 4 is 29.2 Å². The Balaban J connectivity index is 1.67. The maximum Gasteiger partial charge on any atom is 0.228 e. The van der Waals surface area contributed by atoms with Crippen LogP contribution in [0.2, 0.25) is 5.15 Å². The third kappa shape index (κ3) is 4.21. The molecule has 2 heterocycles. The highest BCUT2D eigenvalue weighted by atomic mass is 35.5. The molecule has 2 fully saturated rings. The number of aromatic nitrogens is 4. The molecule has 2 aromatic rings. The van der Waals surface area contributed by atoms with Gasteiger partial charge in [0.15, 0.2) is 16.8 Å². The number of halogens is 2. The van der Waals surface area contributed by atoms with E-state index in [9.17, 15) is 4.39 Å². The van der Waals surface area contributed by atoms with Crippen molar-refractivity contribution in [2.24, 2.45) is 11.8 Å². The maximum atomic E-state index is 14.0. The van der Waals surface area contributed by atoms with Crippen LogP contribution < -0.4 is 16.4 Å². The largest absolute Gasteiger partial charge is 0.394 e. The van der Waals surface area contributed by atoms with E-state index in [-0.39, 0.29) is 34.4 Å². The smallest absolute Gasteiger partial charge is 0.228 e. The van der Waals surface area contributed by atoms with E-state index in [1.165, 1.54) is 31.7 Å². The van der Waals surface area contributed by atoms with E-state index < -0.39 is 5.82 Å². The van der Waals surface area contributed by atoms with Gasteiger partial charge in [0.25, 0.3) is 0 Å². The van der Waals surface area contributed by atoms with Gasteiger partial charge in [0, 0.05) is 18.2 Å². The predicted molar refractivity (Wildman–Crippen MR) is 104 cm³/mol. The second-order valence-corrected chi connectivity index (χ2v) is 7.90. The number of hydrogen-bond acceptors (Lipinski definition) is 7. The standard InChI is InChI=1S/C18H23ClFN7/c1-8(10-3-4-10)22-17-25-16(13-7-12(20)14(21)15(19)24-13)26-18(27-17)23-9(2)11-5-6-11/h7-11H,3-6,21H2,1-2H3,(H2,22,23,25,26,27). The van der Waals surface area contributed by atoms with Gasteiger partial charge in [-0.25, -0.2) is 9.37 Å². The topological polar surface area (TPSA) is 102 Å². The lowest BCUT2D eigenvalue weighted by atomic mass is 10.2. The van der Waals surface area contributed by atoms with Crippen LogP contribution in [-0.2, 0) is 0 Å². The molecule has 2 aromatic heterocycles. The first kappa shape index (κ1) is 18.2. The molecule has 4 N–H and O–H groups in total. The monoisotopic (exact) mass is 391 g/mol. The molecule has 2 atom stereocenters. The summed E-state index contributed by atoms with van der Waals surface area (Å²) in [5, 5.41) is 6.56. The molecular formula is C18H23ClFN7. The Morgan fingerprint density at radius 3 is 1.96 bits per heavy atom. The predicted octanol–water partition coefficient (Wildman–Crippen LogP) is 3.73. The van der Waals surface area contributed by atoms with Crippen LogP contribution in [0.15, 0.2) is 6.07 Å². The first-order chi connectivity index (χ1) is 12.9. The van der Waals surface area contributed by atoms with Crippen molar-refractivity contribution in [2.45, 2.75) is 51.6 Å². The molecule has 7 nitrogen and oxygen atoms in total. The Hall–Kier alpha value is -2.22. The van der Waals surface area contributed by atoms with Crippen molar-refractivity contribution in [3.63, 3.8) is 0 Å². The molecule has 0 saturated heterocycles. The number of nitrogens with zero attached hydrogens (tertiary/aromatic N) is 4. The highest BCUT2D eigenvalue weighted by molar-refractivity contribution is 6.31. The number of pyridine rings is 1. The lowest BCUT2D eigenvalue weighted by Crippen LogP contribution is -2.23. The number of nitrogen functional groups attached to an aromatic ring is 1. The molecule has 144 valence electrons. The summed E-state index contributed by atoms with van der Waals surface area (Å²) in [6.07, 6.45) is 4.82. The van der Waals surface area contributed by atoms with Crippen LogP contribution in [-0.4, -0.2) is 32.0 Å². The minimum absolute atomic E-state index is 0.105. The molecule has 2 aliphatic carbocycles. The summed E-state index contributed by atoms with van der Waals surface area (Å²) in [5.41, 5.74) is 5.59. The average molecular weight is 392 g/mol. The summed E-state index contributed by atoms with van der Waals surface area (Å²) in [6, 6.07) is 1.71. The lowest BCUT2D eigenvalue weighted by Gasteiger charge is -2.17. The van der Waals surface area contributed by atoms with Crippen LogP contribution in [0.4, 0.5) is 22.0 Å². The molecule has 9 heteroatoms. The number of nitrogens with two attached hydrogens (primary N) is 1. The number of anilines is 3. The van der Waals surface area contributed by atoms with Crippen molar-refractivity contribution in [3.05, 3.63) is 17.0 Å². The van der Waals surface area contributed by atoms with E-state index in [0.29, 0.717) is 23.7 Å². The molecule has 0 aliphatic heterocycles. The first-order valence-corrected chi connectivity index (χ1v) is 9.69. The lowest BCUT2D eigenvalue weighted by molar-refractivity contribution is 0.631. The maximum absolute atomic E-state index is 14.0. The Morgan fingerprint density at radius 1 is 1.00 bits per heavy atom. The molecule has 27 heavy (non-hydrogen) atoms. The van der Waals surface area contributed by atoms with E-state index in [1.807, 2.05) is 0 Å². The van der Waals surface area contributed by atoms with Crippen LogP contribution >= 0.6 is 11.6 Å². The van der Waals surface area contributed by atoms with Gasteiger partial charge >= 0.3 is 0 Å². The summed E-state index contributed by atoms with van der Waals surface area (Å²) < 4.78 is 14.0. The zero-order valence-corrected chi connectivity index (χ0v) is 16.1. The molecule has 0 aromatic carbocycles. The van der Waals surface area contributed by atoms with Crippen molar-refractivity contribution < 1.29 is 4.39 Å². The van der Waals surface area contributed by atoms with Gasteiger partial charge in [-0.1, -0.05) is 11.6 Å². The quantitative estimate of drug-likeness (QED) is 0.618. The highest BCUT2D eigenvalue weighted by Gasteiger charge is 2.30. The average Bonchev–Trinajstić information content (AvgIpc) is 3.50. The van der Waals surface area contributed by atoms with Gasteiger partial charge in [-0.15, -0.1) is 0 Å². The van der Waals surface area contributed by atoms with E-state index in [4.69, 9.17) is 17.3 Å². The third-order valence-electron chi connectivity index (χ3n) is 5.20. The van der Waals surface area contributed by atoms with Gasteiger partial charge < -0.3 is 16.4 Å². The summed E-state index contributed by atoms with van der Waals surface area (Å²) in [5.74, 6) is 1.76. The van der Waals surface area contributed by atoms with Gasteiger partial charge in [0.1, 0.15) is 11.4 Å². The minimum atomic E-state index is -0.646. The molecule has 4 rings (SSSR count). The summed E-state index contributed by atoms with van der Waals surface area (Å²) in [7, 11) is 0. The van der Waals surface area contributed by atoms with Crippen LogP contribution in [0.25, 0.3) is 11.5 Å². The van der Waals surface area contributed by atoms with Crippen LogP contribution in [0, 0.1) is 17.7 Å². The fraction of sp³-hybridized carbons (Fsp3) is 0.556. The SMILES string of the molecule is CC(Nc1nc(NC(C)C2CC2)nc(-c2cc(F)c(N)c(Cl)n2)n1)C1CC1. The van der Waals surface area contributed by atoms with Crippen LogP contribution in [0.1, 0.15) is 39.5 Å². The molecule has 0 radical (unpaired) electrons. The molecule has 0 amide bonds. The molecule has 0 bridgehead atoms. The van der Waals surface area contributed by atoms with E-state index >= 15 is 0 Å². The molecule has 2 aliphatic rings. The minimum Gasteiger partial charge on any atom is -0.394 e. The Kier molecular flexibility index (Phi) is 4.75. The zero-order valence-electron chi connectivity index (χ0n) is 15.3. The Labute approximate surface area is 162 Å². The molecule has 2 unspecified atom stereocenters. The first-order valence-electron chi connectivity index (χ1n) is 9.31. The molecule has 0 spiro atoms. The van der Waals surface area contributed by atoms with E-state index in [1.54, 1.807) is 0 Å². The van der Waals surface area contributed by atoms with Crippen molar-refractivity contribution in [1.29, 1.82) is 0 Å². The van der Waals surface area contributed by atoms with Gasteiger partial charge in [-0.3, -0.25) is 0 Å². The number of rotatable bonds is 7. The van der Waals surface area contributed by atoms with Gasteiger partial charge in [-0.2, -0.15) is 15.0 Å². The number of hydrogen-bond donors (Lipinski definition) is 3. The van der Waals surface area contributed by atoms with Crippen molar-refractivity contribution in [2.75, 3.05) is 16.4 Å².